The summed E-state index contributed by atoms with van der Waals surface area (Å²) in [6.45, 7) is 2.86. The molecule has 4 aromatic rings. The van der Waals surface area contributed by atoms with Gasteiger partial charge in [-0.15, -0.1) is 0 Å². The van der Waals surface area contributed by atoms with Crippen molar-refractivity contribution in [1.82, 2.24) is 14.5 Å². The van der Waals surface area contributed by atoms with Gasteiger partial charge in [0.15, 0.2) is 0 Å². The normalized spacial score (nSPS) is 14.3. The second-order valence-corrected chi connectivity index (χ2v) is 7.25. The van der Waals surface area contributed by atoms with Gasteiger partial charge in [-0.25, -0.2) is 4.98 Å². The average molecular weight is 371 g/mol. The van der Waals surface area contributed by atoms with Gasteiger partial charge in [0.25, 0.3) is 5.56 Å². The Bertz CT molecular complexity index is 1180. The van der Waals surface area contributed by atoms with Gasteiger partial charge in [-0.2, -0.15) is 0 Å². The van der Waals surface area contributed by atoms with Crippen molar-refractivity contribution in [2.45, 2.75) is 26.1 Å². The van der Waals surface area contributed by atoms with Gasteiger partial charge in [-0.05, 0) is 41.8 Å². The summed E-state index contributed by atoms with van der Waals surface area (Å²) >= 11 is 0. The molecule has 0 saturated carbocycles. The lowest BCUT2D eigenvalue weighted by Crippen LogP contribution is -2.34. The minimum Gasteiger partial charge on any atom is -0.467 e. The molecule has 1 aliphatic heterocycles. The maximum absolute atomic E-state index is 13.2. The predicted molar refractivity (Wildman–Crippen MR) is 108 cm³/mol. The quantitative estimate of drug-likeness (QED) is 0.550. The smallest absolute Gasteiger partial charge is 0.261 e. The van der Waals surface area contributed by atoms with Crippen molar-refractivity contribution in [2.24, 2.45) is 0 Å². The molecule has 2 aromatic heterocycles. The Hall–Kier alpha value is -3.18. The Morgan fingerprint density at radius 1 is 0.929 bits per heavy atom. The molecule has 0 unspecified atom stereocenters. The lowest BCUT2D eigenvalue weighted by molar-refractivity contribution is 0.235. The van der Waals surface area contributed by atoms with Gasteiger partial charge < -0.3 is 4.42 Å². The van der Waals surface area contributed by atoms with Crippen LogP contribution < -0.4 is 5.56 Å². The van der Waals surface area contributed by atoms with Crippen LogP contribution in [-0.2, 0) is 26.1 Å². The monoisotopic (exact) mass is 371 g/mol. The van der Waals surface area contributed by atoms with E-state index in [-0.39, 0.29) is 5.56 Å². The van der Waals surface area contributed by atoms with Crippen LogP contribution in [0.3, 0.4) is 0 Å². The molecule has 0 saturated heterocycles. The number of aromatic nitrogens is 2. The molecule has 0 amide bonds. The van der Waals surface area contributed by atoms with Crippen molar-refractivity contribution in [3.05, 3.63) is 100.0 Å². The number of furan rings is 1. The number of rotatable bonds is 4. The Labute approximate surface area is 162 Å². The molecule has 2 aromatic carbocycles. The zero-order chi connectivity index (χ0) is 18.9. The Morgan fingerprint density at radius 2 is 1.75 bits per heavy atom. The first-order chi connectivity index (χ1) is 13.8. The molecule has 140 valence electrons. The molecule has 3 heterocycles. The maximum atomic E-state index is 13.2. The molecule has 1 aliphatic rings. The van der Waals surface area contributed by atoms with E-state index in [0.29, 0.717) is 18.5 Å². The van der Waals surface area contributed by atoms with Crippen LogP contribution in [0.5, 0.6) is 0 Å². The molecule has 0 bridgehead atoms. The molecular formula is C23H21N3O2. The van der Waals surface area contributed by atoms with Crippen molar-refractivity contribution in [3.8, 4) is 0 Å². The molecule has 0 N–H and O–H groups in total. The minimum absolute atomic E-state index is 0.0191. The number of nitrogens with zero attached hydrogens (tertiary/aromatic N) is 3. The fourth-order valence-corrected chi connectivity index (χ4v) is 3.95. The lowest BCUT2D eigenvalue weighted by atomic mass is 10.00. The number of hydrogen-bond acceptors (Lipinski definition) is 4. The third-order valence-electron chi connectivity index (χ3n) is 5.41. The van der Waals surface area contributed by atoms with E-state index in [1.165, 1.54) is 11.1 Å². The highest BCUT2D eigenvalue weighted by molar-refractivity contribution is 5.77. The summed E-state index contributed by atoms with van der Waals surface area (Å²) < 4.78 is 7.25. The first kappa shape index (κ1) is 17.0. The number of benzene rings is 2. The van der Waals surface area contributed by atoms with E-state index in [9.17, 15) is 4.79 Å². The van der Waals surface area contributed by atoms with E-state index in [4.69, 9.17) is 9.40 Å². The lowest BCUT2D eigenvalue weighted by Gasteiger charge is -2.29. The number of hydrogen-bond donors (Lipinski definition) is 0. The van der Waals surface area contributed by atoms with E-state index in [2.05, 4.69) is 29.2 Å². The van der Waals surface area contributed by atoms with Gasteiger partial charge >= 0.3 is 0 Å². The summed E-state index contributed by atoms with van der Waals surface area (Å²) in [6, 6.07) is 19.9. The standard InChI is InChI=1S/C23H21N3O2/c27-23-20-9-3-4-10-21(20)24-22(26(23)15-19-8-5-13-28-19)16-25-12-11-17-6-1-2-7-18(17)14-25/h1-10,13H,11-12,14-16H2. The van der Waals surface area contributed by atoms with Crippen molar-refractivity contribution < 1.29 is 4.42 Å². The van der Waals surface area contributed by atoms with Gasteiger partial charge in [0.2, 0.25) is 0 Å². The summed E-state index contributed by atoms with van der Waals surface area (Å²) in [7, 11) is 0. The van der Waals surface area contributed by atoms with E-state index in [0.717, 1.165) is 36.6 Å². The van der Waals surface area contributed by atoms with Gasteiger partial charge in [0.1, 0.15) is 11.6 Å². The van der Waals surface area contributed by atoms with Crippen LogP contribution in [0.4, 0.5) is 0 Å². The van der Waals surface area contributed by atoms with Gasteiger partial charge in [-0.3, -0.25) is 14.3 Å². The Morgan fingerprint density at radius 3 is 2.61 bits per heavy atom. The van der Waals surface area contributed by atoms with Crippen LogP contribution in [0.15, 0.2) is 76.1 Å². The maximum Gasteiger partial charge on any atom is 0.261 e. The van der Waals surface area contributed by atoms with Gasteiger partial charge in [-0.1, -0.05) is 36.4 Å². The second-order valence-electron chi connectivity index (χ2n) is 7.25. The third kappa shape index (κ3) is 3.14. The summed E-state index contributed by atoms with van der Waals surface area (Å²) in [5, 5.41) is 0.641. The fraction of sp³-hybridized carbons (Fsp3) is 0.217. The average Bonchev–Trinajstić information content (AvgIpc) is 3.24. The van der Waals surface area contributed by atoms with Crippen LogP contribution in [-0.4, -0.2) is 21.0 Å². The highest BCUT2D eigenvalue weighted by Crippen LogP contribution is 2.20. The molecular weight excluding hydrogens is 350 g/mol. The minimum atomic E-state index is -0.0191. The Kier molecular flexibility index (Phi) is 4.29. The molecule has 0 spiro atoms. The molecule has 0 aliphatic carbocycles. The van der Waals surface area contributed by atoms with Crippen LogP contribution in [0.2, 0.25) is 0 Å². The first-order valence-corrected chi connectivity index (χ1v) is 9.58. The van der Waals surface area contributed by atoms with Crippen LogP contribution in [0.1, 0.15) is 22.7 Å². The van der Waals surface area contributed by atoms with Crippen LogP contribution in [0.25, 0.3) is 10.9 Å². The molecule has 0 atom stereocenters. The second kappa shape index (κ2) is 7.09. The largest absolute Gasteiger partial charge is 0.467 e. The SMILES string of the molecule is O=c1c2ccccc2nc(CN2CCc3ccccc3C2)n1Cc1ccco1. The molecule has 28 heavy (non-hydrogen) atoms. The summed E-state index contributed by atoms with van der Waals surface area (Å²) in [5.74, 6) is 1.53. The number of fused-ring (bicyclic) bond motifs is 2. The molecule has 0 fully saturated rings. The first-order valence-electron chi connectivity index (χ1n) is 9.58. The zero-order valence-electron chi connectivity index (χ0n) is 15.5. The Balaban J connectivity index is 1.53. The summed E-state index contributed by atoms with van der Waals surface area (Å²) in [5.41, 5.74) is 3.50. The van der Waals surface area contributed by atoms with Gasteiger partial charge in [0, 0.05) is 13.1 Å². The molecule has 5 rings (SSSR count). The molecule has 0 radical (unpaired) electrons. The van der Waals surface area contributed by atoms with E-state index in [1.807, 2.05) is 36.4 Å². The van der Waals surface area contributed by atoms with Crippen molar-refractivity contribution in [3.63, 3.8) is 0 Å². The van der Waals surface area contributed by atoms with Crippen molar-refractivity contribution >= 4 is 10.9 Å². The summed E-state index contributed by atoms with van der Waals surface area (Å²) in [4.78, 5) is 20.4. The van der Waals surface area contributed by atoms with Crippen molar-refractivity contribution in [2.75, 3.05) is 6.54 Å². The zero-order valence-corrected chi connectivity index (χ0v) is 15.5. The fourth-order valence-electron chi connectivity index (χ4n) is 3.95. The molecule has 5 nitrogen and oxygen atoms in total. The highest BCUT2D eigenvalue weighted by atomic mass is 16.3. The van der Waals surface area contributed by atoms with Crippen LogP contribution >= 0.6 is 0 Å². The third-order valence-corrected chi connectivity index (χ3v) is 5.41. The van der Waals surface area contributed by atoms with E-state index >= 15 is 0 Å². The summed E-state index contributed by atoms with van der Waals surface area (Å²) in [6.07, 6.45) is 2.66. The number of para-hydroxylation sites is 1. The highest BCUT2D eigenvalue weighted by Gasteiger charge is 2.19. The van der Waals surface area contributed by atoms with Crippen molar-refractivity contribution in [1.29, 1.82) is 0 Å². The van der Waals surface area contributed by atoms with Crippen LogP contribution in [0, 0.1) is 0 Å². The topological polar surface area (TPSA) is 51.3 Å². The molecule has 5 heteroatoms. The van der Waals surface area contributed by atoms with E-state index < -0.39 is 0 Å². The van der Waals surface area contributed by atoms with Gasteiger partial charge in [0.05, 0.1) is 30.3 Å². The van der Waals surface area contributed by atoms with E-state index in [1.54, 1.807) is 10.8 Å². The predicted octanol–water partition coefficient (Wildman–Crippen LogP) is 3.60.